The summed E-state index contributed by atoms with van der Waals surface area (Å²) in [6, 6.07) is 0. The molecule has 0 aliphatic heterocycles. The maximum absolute atomic E-state index is 12.8. The van der Waals surface area contributed by atoms with Crippen LogP contribution in [0.5, 0.6) is 0 Å². The van der Waals surface area contributed by atoms with Gasteiger partial charge in [-0.2, -0.15) is 0 Å². The Kier molecular flexibility index (Phi) is 45.9. The number of phosphoric acid groups is 1. The summed E-state index contributed by atoms with van der Waals surface area (Å²) in [6.07, 6.45) is 68.4. The predicted octanol–water partition coefficient (Wildman–Crippen LogP) is 16.0. The fourth-order valence-corrected chi connectivity index (χ4v) is 7.23. The molecule has 0 heterocycles. The Hall–Kier alpha value is -3.59. The van der Waals surface area contributed by atoms with Gasteiger partial charge in [-0.3, -0.25) is 18.6 Å². The molecule has 0 saturated heterocycles. The van der Waals surface area contributed by atoms with E-state index in [1.54, 1.807) is 0 Å². The maximum Gasteiger partial charge on any atom is 0.472 e. The summed E-state index contributed by atoms with van der Waals surface area (Å²) >= 11 is 0. The number of hydrogen-bond acceptors (Lipinski definition) is 7. The Bertz CT molecular complexity index is 1560. The van der Waals surface area contributed by atoms with Gasteiger partial charge in [0.25, 0.3) is 0 Å². The van der Waals surface area contributed by atoms with Crippen molar-refractivity contribution in [2.75, 3.05) is 47.5 Å². The number of unbranched alkanes of at least 4 members (excludes halogenated alkanes) is 12. The standard InChI is InChI=1S/C58H96NO8P/c1-6-8-10-12-14-16-18-20-22-24-25-26-27-28-29-30-31-32-33-35-37-39-41-43-45-47-49-51-58(61)67-56(55-66-68(62,63)65-53-52-59(3,4)5)54-64-57(60)50-48-46-44-42-40-38-36-34-23-21-19-17-15-13-11-9-7-2/h8-11,14-17,20-23,25-26,28-29,36,38,42,44,56H,6-7,12-13,18-19,24,27,30-35,37,39-41,43,45-55H2,1-5H3/p+1/b10-8-,11-9-,16-14-,17-15-,22-20-,23-21-,26-25-,29-28-,38-36-,44-42-. The van der Waals surface area contributed by atoms with Gasteiger partial charge in [-0.15, -0.1) is 0 Å². The molecule has 0 aromatic carbocycles. The van der Waals surface area contributed by atoms with Gasteiger partial charge in [-0.05, 0) is 96.3 Å². The largest absolute Gasteiger partial charge is 0.472 e. The summed E-state index contributed by atoms with van der Waals surface area (Å²) in [5, 5.41) is 0. The van der Waals surface area contributed by atoms with Crippen molar-refractivity contribution >= 4 is 19.8 Å². The molecule has 2 atom stereocenters. The number of phosphoric ester groups is 1. The van der Waals surface area contributed by atoms with Crippen LogP contribution in [-0.4, -0.2) is 74.9 Å². The van der Waals surface area contributed by atoms with Crippen LogP contribution in [0.3, 0.4) is 0 Å². The van der Waals surface area contributed by atoms with Gasteiger partial charge in [0.15, 0.2) is 6.10 Å². The van der Waals surface area contributed by atoms with E-state index in [0.29, 0.717) is 23.9 Å². The Morgan fingerprint density at radius 1 is 0.456 bits per heavy atom. The van der Waals surface area contributed by atoms with Crippen LogP contribution < -0.4 is 0 Å². The quantitative estimate of drug-likeness (QED) is 0.0211. The van der Waals surface area contributed by atoms with E-state index in [2.05, 4.69) is 135 Å². The molecular formula is C58H97NO8P+. The summed E-state index contributed by atoms with van der Waals surface area (Å²) < 4.78 is 34.4. The number of nitrogens with zero attached hydrogens (tertiary/aromatic N) is 1. The van der Waals surface area contributed by atoms with E-state index < -0.39 is 32.5 Å². The third-order valence-electron chi connectivity index (χ3n) is 10.5. The third kappa shape index (κ3) is 51.8. The van der Waals surface area contributed by atoms with E-state index in [1.165, 1.54) is 44.9 Å². The van der Waals surface area contributed by atoms with Crippen LogP contribution in [0.4, 0.5) is 0 Å². The van der Waals surface area contributed by atoms with Crippen LogP contribution >= 0.6 is 7.82 Å². The smallest absolute Gasteiger partial charge is 0.462 e. The molecule has 0 radical (unpaired) electrons. The molecule has 0 fully saturated rings. The van der Waals surface area contributed by atoms with Gasteiger partial charge >= 0.3 is 19.8 Å². The van der Waals surface area contributed by atoms with Crippen molar-refractivity contribution < 1.29 is 42.1 Å². The van der Waals surface area contributed by atoms with Crippen LogP contribution in [0.2, 0.25) is 0 Å². The average Bonchev–Trinajstić information content (AvgIpc) is 3.30. The Morgan fingerprint density at radius 2 is 0.809 bits per heavy atom. The SMILES string of the molecule is CC/C=C\C/C=C\C/C=C\C/C=C\C/C=C\CCCCCCCCCCCCCC(=O)OC(COC(=O)CCC/C=C\C/C=C\C/C=C\C/C=C\C/C=C\CC)COP(=O)(O)OCC[N+](C)(C)C. The summed E-state index contributed by atoms with van der Waals surface area (Å²) in [7, 11) is 1.43. The molecule has 1 N–H and O–H groups in total. The normalized spacial score (nSPS) is 14.4. The molecule has 2 unspecified atom stereocenters. The Balaban J connectivity index is 4.30. The van der Waals surface area contributed by atoms with E-state index in [4.69, 9.17) is 18.5 Å². The van der Waals surface area contributed by atoms with E-state index in [-0.39, 0.29) is 26.1 Å². The topological polar surface area (TPSA) is 108 Å². The molecule has 0 aliphatic rings. The van der Waals surface area contributed by atoms with E-state index in [9.17, 15) is 19.0 Å². The van der Waals surface area contributed by atoms with E-state index >= 15 is 0 Å². The van der Waals surface area contributed by atoms with Crippen LogP contribution in [0.25, 0.3) is 0 Å². The van der Waals surface area contributed by atoms with Gasteiger partial charge in [0, 0.05) is 12.8 Å². The first-order valence-corrected chi connectivity index (χ1v) is 27.8. The van der Waals surface area contributed by atoms with Gasteiger partial charge in [0.1, 0.15) is 19.8 Å². The molecule has 0 rings (SSSR count). The maximum atomic E-state index is 12.8. The zero-order chi connectivity index (χ0) is 49.9. The molecule has 9 nitrogen and oxygen atoms in total. The van der Waals surface area contributed by atoms with Gasteiger partial charge < -0.3 is 18.9 Å². The van der Waals surface area contributed by atoms with Crippen molar-refractivity contribution in [1.82, 2.24) is 0 Å². The lowest BCUT2D eigenvalue weighted by Crippen LogP contribution is -2.37. The number of esters is 2. The van der Waals surface area contributed by atoms with Crippen LogP contribution in [0, 0.1) is 0 Å². The zero-order valence-electron chi connectivity index (χ0n) is 43.5. The highest BCUT2D eigenvalue weighted by Crippen LogP contribution is 2.43. The zero-order valence-corrected chi connectivity index (χ0v) is 44.4. The molecule has 0 aromatic heterocycles. The summed E-state index contributed by atoms with van der Waals surface area (Å²) in [5.74, 6) is -0.880. The number of allylic oxidation sites excluding steroid dienone is 20. The van der Waals surface area contributed by atoms with Gasteiger partial charge in [0.05, 0.1) is 27.7 Å². The molecule has 0 aliphatic carbocycles. The molecular weight excluding hydrogens is 870 g/mol. The van der Waals surface area contributed by atoms with Gasteiger partial charge in [-0.25, -0.2) is 4.57 Å². The fourth-order valence-electron chi connectivity index (χ4n) is 6.49. The molecule has 68 heavy (non-hydrogen) atoms. The Morgan fingerprint density at radius 3 is 1.22 bits per heavy atom. The van der Waals surface area contributed by atoms with Gasteiger partial charge in [-0.1, -0.05) is 193 Å². The van der Waals surface area contributed by atoms with Crippen molar-refractivity contribution in [3.8, 4) is 0 Å². The highest BCUT2D eigenvalue weighted by Gasteiger charge is 2.27. The second-order valence-corrected chi connectivity index (χ2v) is 19.6. The lowest BCUT2D eigenvalue weighted by atomic mass is 10.0. The summed E-state index contributed by atoms with van der Waals surface area (Å²) in [4.78, 5) is 35.6. The van der Waals surface area contributed by atoms with Crippen molar-refractivity contribution in [2.45, 2.75) is 187 Å². The molecule has 0 bridgehead atoms. The van der Waals surface area contributed by atoms with Crippen molar-refractivity contribution in [3.63, 3.8) is 0 Å². The number of carbonyl (C=O) groups excluding carboxylic acids is 2. The highest BCUT2D eigenvalue weighted by atomic mass is 31.2. The summed E-state index contributed by atoms with van der Waals surface area (Å²) in [6.45, 7) is 4.11. The second kappa shape index (κ2) is 48.4. The Labute approximate surface area is 416 Å². The minimum absolute atomic E-state index is 0.0155. The first-order valence-electron chi connectivity index (χ1n) is 26.3. The monoisotopic (exact) mass is 967 g/mol. The first kappa shape index (κ1) is 64.4. The molecule has 0 amide bonds. The predicted molar refractivity (Wildman–Crippen MR) is 288 cm³/mol. The van der Waals surface area contributed by atoms with E-state index in [0.717, 1.165) is 96.3 Å². The molecule has 386 valence electrons. The molecule has 0 saturated carbocycles. The number of quaternary nitrogens is 1. The van der Waals surface area contributed by atoms with Crippen LogP contribution in [0.1, 0.15) is 181 Å². The molecule has 0 aromatic rings. The fraction of sp³-hybridized carbons (Fsp3) is 0.621. The number of ether oxygens (including phenoxy) is 2. The second-order valence-electron chi connectivity index (χ2n) is 18.1. The van der Waals surface area contributed by atoms with Crippen molar-refractivity contribution in [1.29, 1.82) is 0 Å². The van der Waals surface area contributed by atoms with E-state index in [1.807, 2.05) is 21.1 Å². The lowest BCUT2D eigenvalue weighted by molar-refractivity contribution is -0.870. The van der Waals surface area contributed by atoms with Crippen LogP contribution in [0.15, 0.2) is 122 Å². The molecule has 0 spiro atoms. The third-order valence-corrected chi connectivity index (χ3v) is 11.5. The molecule has 10 heteroatoms. The minimum atomic E-state index is -4.40. The van der Waals surface area contributed by atoms with Crippen molar-refractivity contribution in [3.05, 3.63) is 122 Å². The first-order chi connectivity index (χ1) is 33.0. The average molecular weight is 967 g/mol. The number of likely N-dealkylation sites (N-methyl/N-ethyl adjacent to an activating group) is 1. The number of carbonyl (C=O) groups is 2. The van der Waals surface area contributed by atoms with Gasteiger partial charge in [0.2, 0.25) is 0 Å². The minimum Gasteiger partial charge on any atom is -0.462 e. The van der Waals surface area contributed by atoms with Crippen LogP contribution in [-0.2, 0) is 32.7 Å². The summed E-state index contributed by atoms with van der Waals surface area (Å²) in [5.41, 5.74) is 0. The highest BCUT2D eigenvalue weighted by molar-refractivity contribution is 7.47. The van der Waals surface area contributed by atoms with Crippen molar-refractivity contribution in [2.24, 2.45) is 0 Å². The number of rotatable bonds is 46. The lowest BCUT2D eigenvalue weighted by Gasteiger charge is -2.24. The number of hydrogen-bond donors (Lipinski definition) is 1.